The number of aromatic nitrogens is 4. The summed E-state index contributed by atoms with van der Waals surface area (Å²) in [6.07, 6.45) is 0.199. The molecule has 15 heavy (non-hydrogen) atoms. The van der Waals surface area contributed by atoms with Gasteiger partial charge >= 0.3 is 5.97 Å². The highest BCUT2D eigenvalue weighted by atomic mass is 32.2. The van der Waals surface area contributed by atoms with Gasteiger partial charge in [0.1, 0.15) is 6.54 Å². The minimum absolute atomic E-state index is 0.199. The fraction of sp³-hybridized carbons (Fsp3) is 0.500. The molecule has 3 N–H and O–H groups in total. The predicted octanol–water partition coefficient (Wildman–Crippen LogP) is -1.27. The molecule has 0 atom stereocenters. The molecule has 0 radical (unpaired) electrons. The number of rotatable bonds is 6. The number of thioether (sulfide) groups is 1. The molecule has 1 aromatic heterocycles. The van der Waals surface area contributed by atoms with Gasteiger partial charge in [0, 0.05) is 12.2 Å². The number of primary amides is 1. The Morgan fingerprint density at radius 3 is 2.87 bits per heavy atom. The topological polar surface area (TPSA) is 124 Å². The minimum atomic E-state index is -1.03. The molecule has 0 spiro atoms. The first-order valence-electron chi connectivity index (χ1n) is 3.98. The van der Waals surface area contributed by atoms with Crippen LogP contribution in [0.2, 0.25) is 0 Å². The SMILES string of the molecule is NC(=O)CCSc1nnnn1CC(=O)O. The van der Waals surface area contributed by atoms with Crippen LogP contribution in [-0.4, -0.2) is 42.9 Å². The van der Waals surface area contributed by atoms with Crippen molar-refractivity contribution in [2.24, 2.45) is 5.73 Å². The van der Waals surface area contributed by atoms with Crippen molar-refractivity contribution in [1.82, 2.24) is 20.2 Å². The number of tetrazole rings is 1. The van der Waals surface area contributed by atoms with E-state index in [4.69, 9.17) is 10.8 Å². The maximum absolute atomic E-state index is 10.4. The van der Waals surface area contributed by atoms with Crippen molar-refractivity contribution in [3.05, 3.63) is 0 Å². The molecule has 0 saturated heterocycles. The van der Waals surface area contributed by atoms with Gasteiger partial charge in [-0.3, -0.25) is 9.59 Å². The number of carbonyl (C=O) groups excluding carboxylic acids is 1. The van der Waals surface area contributed by atoms with Crippen molar-refractivity contribution in [2.75, 3.05) is 5.75 Å². The zero-order valence-electron chi connectivity index (χ0n) is 7.66. The highest BCUT2D eigenvalue weighted by Crippen LogP contribution is 2.13. The van der Waals surface area contributed by atoms with Gasteiger partial charge in [-0.2, -0.15) is 0 Å². The van der Waals surface area contributed by atoms with E-state index >= 15 is 0 Å². The molecule has 1 aromatic rings. The van der Waals surface area contributed by atoms with E-state index in [0.717, 1.165) is 4.68 Å². The number of carboxylic acids is 1. The minimum Gasteiger partial charge on any atom is -0.480 e. The number of amides is 1. The molecule has 0 fully saturated rings. The Hall–Kier alpha value is -1.64. The van der Waals surface area contributed by atoms with E-state index in [-0.39, 0.29) is 13.0 Å². The second-order valence-corrected chi connectivity index (χ2v) is 3.64. The lowest BCUT2D eigenvalue weighted by atomic mass is 10.5. The lowest BCUT2D eigenvalue weighted by molar-refractivity contribution is -0.138. The van der Waals surface area contributed by atoms with E-state index < -0.39 is 11.9 Å². The van der Waals surface area contributed by atoms with Crippen LogP contribution in [0.25, 0.3) is 0 Å². The number of aliphatic carboxylic acids is 1. The molecule has 0 aromatic carbocycles. The van der Waals surface area contributed by atoms with Crippen LogP contribution < -0.4 is 5.73 Å². The van der Waals surface area contributed by atoms with Crippen LogP contribution in [-0.2, 0) is 16.1 Å². The Morgan fingerprint density at radius 2 is 2.27 bits per heavy atom. The van der Waals surface area contributed by atoms with Crippen molar-refractivity contribution in [1.29, 1.82) is 0 Å². The Bertz CT molecular complexity index is 365. The predicted molar refractivity (Wildman–Crippen MR) is 50.0 cm³/mol. The molecule has 82 valence electrons. The number of carboxylic acid groups (broad SMARTS) is 1. The largest absolute Gasteiger partial charge is 0.480 e. The number of nitrogens with two attached hydrogens (primary N) is 1. The Morgan fingerprint density at radius 1 is 1.53 bits per heavy atom. The van der Waals surface area contributed by atoms with Gasteiger partial charge in [-0.15, -0.1) is 5.10 Å². The van der Waals surface area contributed by atoms with Gasteiger partial charge in [0.15, 0.2) is 0 Å². The standard InChI is InChI=1S/C6H9N5O3S/c7-4(12)1-2-15-6-8-9-10-11(6)3-5(13)14/h1-3H2,(H2,7,12)(H,13,14). The molecular formula is C6H9N5O3S. The van der Waals surface area contributed by atoms with Gasteiger partial charge in [0.05, 0.1) is 0 Å². The average Bonchev–Trinajstić information content (AvgIpc) is 2.51. The summed E-state index contributed by atoms with van der Waals surface area (Å²) < 4.78 is 1.15. The van der Waals surface area contributed by atoms with Crippen molar-refractivity contribution in [3.63, 3.8) is 0 Å². The summed E-state index contributed by atoms with van der Waals surface area (Å²) in [7, 11) is 0. The van der Waals surface area contributed by atoms with Crippen LogP contribution in [0.4, 0.5) is 0 Å². The molecule has 9 heteroatoms. The number of hydrogen-bond acceptors (Lipinski definition) is 6. The van der Waals surface area contributed by atoms with Gasteiger partial charge in [0.2, 0.25) is 11.1 Å². The van der Waals surface area contributed by atoms with E-state index in [0.29, 0.717) is 10.9 Å². The van der Waals surface area contributed by atoms with Crippen LogP contribution in [0.5, 0.6) is 0 Å². The monoisotopic (exact) mass is 231 g/mol. The Kier molecular flexibility index (Phi) is 4.03. The molecule has 0 aliphatic heterocycles. The summed E-state index contributed by atoms with van der Waals surface area (Å²) in [5.74, 6) is -1.02. The first-order chi connectivity index (χ1) is 7.09. The highest BCUT2D eigenvalue weighted by Gasteiger charge is 2.09. The lowest BCUT2D eigenvalue weighted by Crippen LogP contribution is -2.13. The van der Waals surface area contributed by atoms with Gasteiger partial charge < -0.3 is 10.8 Å². The maximum atomic E-state index is 10.4. The average molecular weight is 231 g/mol. The lowest BCUT2D eigenvalue weighted by Gasteiger charge is -1.99. The molecule has 1 heterocycles. The molecular weight excluding hydrogens is 222 g/mol. The second kappa shape index (κ2) is 5.29. The summed E-state index contributed by atoms with van der Waals surface area (Å²) >= 11 is 1.19. The Balaban J connectivity index is 2.49. The van der Waals surface area contributed by atoms with Crippen molar-refractivity contribution < 1.29 is 14.7 Å². The van der Waals surface area contributed by atoms with Crippen LogP contribution in [0.3, 0.4) is 0 Å². The molecule has 0 bridgehead atoms. The van der Waals surface area contributed by atoms with Gasteiger partial charge in [0.25, 0.3) is 0 Å². The summed E-state index contributed by atoms with van der Waals surface area (Å²) in [4.78, 5) is 20.8. The highest BCUT2D eigenvalue weighted by molar-refractivity contribution is 7.99. The van der Waals surface area contributed by atoms with Crippen molar-refractivity contribution >= 4 is 23.6 Å². The van der Waals surface area contributed by atoms with Gasteiger partial charge in [-0.25, -0.2) is 4.68 Å². The molecule has 0 unspecified atom stereocenters. The smallest absolute Gasteiger partial charge is 0.325 e. The van der Waals surface area contributed by atoms with Crippen LogP contribution >= 0.6 is 11.8 Å². The van der Waals surface area contributed by atoms with Crippen molar-refractivity contribution in [2.45, 2.75) is 18.1 Å². The van der Waals surface area contributed by atoms with E-state index in [1.54, 1.807) is 0 Å². The van der Waals surface area contributed by atoms with Gasteiger partial charge in [-0.05, 0) is 10.4 Å². The summed E-state index contributed by atoms with van der Waals surface area (Å²) in [6, 6.07) is 0. The third kappa shape index (κ3) is 3.94. The number of nitrogens with zero attached hydrogens (tertiary/aromatic N) is 4. The van der Waals surface area contributed by atoms with Crippen LogP contribution in [0.1, 0.15) is 6.42 Å². The first kappa shape index (κ1) is 11.4. The van der Waals surface area contributed by atoms with E-state index in [9.17, 15) is 9.59 Å². The second-order valence-electron chi connectivity index (χ2n) is 2.58. The van der Waals surface area contributed by atoms with E-state index in [1.165, 1.54) is 11.8 Å². The molecule has 1 rings (SSSR count). The van der Waals surface area contributed by atoms with Gasteiger partial charge in [-0.1, -0.05) is 11.8 Å². The first-order valence-corrected chi connectivity index (χ1v) is 4.97. The third-order valence-corrected chi connectivity index (χ3v) is 2.32. The summed E-state index contributed by atoms with van der Waals surface area (Å²) in [5, 5.41) is 19.3. The third-order valence-electron chi connectivity index (χ3n) is 1.36. The van der Waals surface area contributed by atoms with Crippen LogP contribution in [0, 0.1) is 0 Å². The zero-order chi connectivity index (χ0) is 11.3. The molecule has 1 amide bonds. The molecule has 0 saturated carbocycles. The van der Waals surface area contributed by atoms with Crippen LogP contribution in [0.15, 0.2) is 5.16 Å². The molecule has 0 aliphatic rings. The van der Waals surface area contributed by atoms with Crippen molar-refractivity contribution in [3.8, 4) is 0 Å². The molecule has 8 nitrogen and oxygen atoms in total. The quantitative estimate of drug-likeness (QED) is 0.584. The fourth-order valence-electron chi connectivity index (χ4n) is 0.770. The molecule has 0 aliphatic carbocycles. The summed E-state index contributed by atoms with van der Waals surface area (Å²) in [6.45, 7) is -0.300. The summed E-state index contributed by atoms with van der Waals surface area (Å²) in [5.41, 5.74) is 4.95. The Labute approximate surface area is 88.8 Å². The fourth-order valence-corrected chi connectivity index (χ4v) is 1.60. The normalized spacial score (nSPS) is 10.1. The zero-order valence-corrected chi connectivity index (χ0v) is 8.48. The number of carbonyl (C=O) groups is 2. The number of hydrogen-bond donors (Lipinski definition) is 2. The van der Waals surface area contributed by atoms with E-state index in [1.807, 2.05) is 0 Å². The van der Waals surface area contributed by atoms with E-state index in [2.05, 4.69) is 15.5 Å². The maximum Gasteiger partial charge on any atom is 0.325 e.